The van der Waals surface area contributed by atoms with Crippen LogP contribution >= 0.6 is 34.0 Å². The number of rotatable bonds is 5. The van der Waals surface area contributed by atoms with Crippen molar-refractivity contribution in [2.75, 3.05) is 0 Å². The summed E-state index contributed by atoms with van der Waals surface area (Å²) in [4.78, 5) is 22.1. The van der Waals surface area contributed by atoms with Crippen molar-refractivity contribution in [2.24, 2.45) is 0 Å². The quantitative estimate of drug-likeness (QED) is 0.474. The van der Waals surface area contributed by atoms with E-state index in [2.05, 4.69) is 9.97 Å². The van der Waals surface area contributed by atoms with Crippen LogP contribution in [0.15, 0.2) is 47.2 Å². The number of thiophene rings is 1. The van der Waals surface area contributed by atoms with Crippen LogP contribution in [0.4, 0.5) is 0 Å². The summed E-state index contributed by atoms with van der Waals surface area (Å²) >= 11 is 4.74. The van der Waals surface area contributed by atoms with E-state index >= 15 is 0 Å². The summed E-state index contributed by atoms with van der Waals surface area (Å²) in [5.74, 6) is -0.280. The van der Waals surface area contributed by atoms with Crippen LogP contribution in [0.3, 0.4) is 0 Å². The molecule has 0 atom stereocenters. The lowest BCUT2D eigenvalue weighted by atomic mass is 10.3. The second-order valence-corrected chi connectivity index (χ2v) is 7.96. The highest BCUT2D eigenvalue weighted by atomic mass is 32.1. The van der Waals surface area contributed by atoms with Crippen LogP contribution < -0.4 is 0 Å². The SMILES string of the molecule is O=C(Cc1csc(-c2cccs2)n1)OCc1nc2ccccc2s1. The molecule has 4 rings (SSSR count). The van der Waals surface area contributed by atoms with E-state index in [-0.39, 0.29) is 19.0 Å². The van der Waals surface area contributed by atoms with Crippen molar-refractivity contribution in [3.05, 3.63) is 57.9 Å². The van der Waals surface area contributed by atoms with Gasteiger partial charge in [-0.1, -0.05) is 18.2 Å². The molecule has 3 heterocycles. The first-order chi connectivity index (χ1) is 11.8. The molecule has 4 aromatic rings. The molecule has 0 saturated heterocycles. The number of esters is 1. The Bertz CT molecular complexity index is 940. The van der Waals surface area contributed by atoms with E-state index in [4.69, 9.17) is 4.74 Å². The Morgan fingerprint density at radius 2 is 2.00 bits per heavy atom. The zero-order valence-corrected chi connectivity index (χ0v) is 14.9. The van der Waals surface area contributed by atoms with E-state index in [1.54, 1.807) is 34.0 Å². The predicted molar refractivity (Wildman–Crippen MR) is 98.5 cm³/mol. The summed E-state index contributed by atoms with van der Waals surface area (Å²) < 4.78 is 6.44. The highest BCUT2D eigenvalue weighted by Gasteiger charge is 2.12. The molecule has 0 unspecified atom stereocenters. The lowest BCUT2D eigenvalue weighted by Gasteiger charge is -2.00. The van der Waals surface area contributed by atoms with E-state index in [1.165, 1.54) is 0 Å². The van der Waals surface area contributed by atoms with E-state index in [1.807, 2.05) is 47.2 Å². The average molecular weight is 372 g/mol. The summed E-state index contributed by atoms with van der Waals surface area (Å²) in [5, 5.41) is 5.68. The maximum Gasteiger partial charge on any atom is 0.312 e. The van der Waals surface area contributed by atoms with Gasteiger partial charge in [0.15, 0.2) is 0 Å². The largest absolute Gasteiger partial charge is 0.458 e. The number of hydrogen-bond donors (Lipinski definition) is 0. The molecular formula is C17H12N2O2S3. The van der Waals surface area contributed by atoms with E-state index in [9.17, 15) is 4.79 Å². The molecule has 0 aliphatic carbocycles. The molecule has 4 nitrogen and oxygen atoms in total. The molecule has 0 aliphatic heterocycles. The van der Waals surface area contributed by atoms with Crippen LogP contribution in [-0.4, -0.2) is 15.9 Å². The number of aromatic nitrogens is 2. The summed E-state index contributed by atoms with van der Waals surface area (Å²) in [7, 11) is 0. The molecule has 0 bridgehead atoms. The smallest absolute Gasteiger partial charge is 0.312 e. The number of fused-ring (bicyclic) bond motifs is 1. The third-order valence-corrected chi connectivity index (χ3v) is 6.24. The van der Waals surface area contributed by atoms with Crippen LogP contribution in [0.1, 0.15) is 10.7 Å². The van der Waals surface area contributed by atoms with Gasteiger partial charge in [-0.25, -0.2) is 9.97 Å². The van der Waals surface area contributed by atoms with Gasteiger partial charge in [-0.05, 0) is 23.6 Å². The first kappa shape index (κ1) is 15.4. The van der Waals surface area contributed by atoms with Gasteiger partial charge in [0.25, 0.3) is 0 Å². The van der Waals surface area contributed by atoms with Crippen LogP contribution in [0.5, 0.6) is 0 Å². The van der Waals surface area contributed by atoms with Crippen molar-refractivity contribution in [3.8, 4) is 9.88 Å². The molecule has 0 amide bonds. The number of thiazole rings is 2. The molecule has 0 aliphatic rings. The van der Waals surface area contributed by atoms with E-state index in [0.717, 1.165) is 30.8 Å². The monoisotopic (exact) mass is 372 g/mol. The van der Waals surface area contributed by atoms with Gasteiger partial charge in [0.2, 0.25) is 0 Å². The number of ether oxygens (including phenoxy) is 1. The minimum Gasteiger partial charge on any atom is -0.458 e. The van der Waals surface area contributed by atoms with Gasteiger partial charge >= 0.3 is 5.97 Å². The zero-order chi connectivity index (χ0) is 16.4. The fourth-order valence-corrected chi connectivity index (χ4v) is 4.74. The van der Waals surface area contributed by atoms with Crippen LogP contribution in [0.2, 0.25) is 0 Å². The molecule has 0 N–H and O–H groups in total. The van der Waals surface area contributed by atoms with Crippen molar-refractivity contribution in [3.63, 3.8) is 0 Å². The van der Waals surface area contributed by atoms with Crippen LogP contribution in [0, 0.1) is 0 Å². The predicted octanol–water partition coefficient (Wildman–Crippen LogP) is 4.77. The third-order valence-electron chi connectivity index (χ3n) is 3.30. The Labute approximate surface area is 150 Å². The average Bonchev–Trinajstić information content (AvgIpc) is 3.32. The molecule has 0 radical (unpaired) electrons. The first-order valence-electron chi connectivity index (χ1n) is 7.26. The van der Waals surface area contributed by atoms with Gasteiger partial charge < -0.3 is 4.74 Å². The lowest BCUT2D eigenvalue weighted by molar-refractivity contribution is -0.144. The molecular weight excluding hydrogens is 360 g/mol. The molecule has 0 fully saturated rings. The minimum absolute atomic E-state index is 0.187. The topological polar surface area (TPSA) is 52.1 Å². The summed E-state index contributed by atoms with van der Waals surface area (Å²) in [6.07, 6.45) is 0.187. The molecule has 3 aromatic heterocycles. The van der Waals surface area contributed by atoms with E-state index < -0.39 is 0 Å². The van der Waals surface area contributed by atoms with Gasteiger partial charge in [-0.3, -0.25) is 4.79 Å². The maximum atomic E-state index is 12.0. The van der Waals surface area contributed by atoms with Crippen molar-refractivity contribution in [2.45, 2.75) is 13.0 Å². The molecule has 7 heteroatoms. The van der Waals surface area contributed by atoms with Crippen molar-refractivity contribution < 1.29 is 9.53 Å². The molecule has 0 spiro atoms. The maximum absolute atomic E-state index is 12.0. The fourth-order valence-electron chi connectivity index (χ4n) is 2.22. The Morgan fingerprint density at radius 1 is 1.08 bits per heavy atom. The normalized spacial score (nSPS) is 11.0. The van der Waals surface area contributed by atoms with Crippen molar-refractivity contribution >= 4 is 50.2 Å². The fraction of sp³-hybridized carbons (Fsp3) is 0.118. The van der Waals surface area contributed by atoms with Gasteiger partial charge in [0.1, 0.15) is 16.6 Å². The van der Waals surface area contributed by atoms with E-state index in [0.29, 0.717) is 0 Å². The Morgan fingerprint density at radius 3 is 2.83 bits per heavy atom. The highest BCUT2D eigenvalue weighted by Crippen LogP contribution is 2.28. The van der Waals surface area contributed by atoms with Crippen LogP contribution in [0.25, 0.3) is 20.1 Å². The number of carbonyl (C=O) groups excluding carboxylic acids is 1. The molecule has 24 heavy (non-hydrogen) atoms. The van der Waals surface area contributed by atoms with Gasteiger partial charge in [-0.15, -0.1) is 34.0 Å². The van der Waals surface area contributed by atoms with Crippen molar-refractivity contribution in [1.29, 1.82) is 0 Å². The number of hydrogen-bond acceptors (Lipinski definition) is 7. The highest BCUT2D eigenvalue weighted by molar-refractivity contribution is 7.20. The molecule has 120 valence electrons. The van der Waals surface area contributed by atoms with Gasteiger partial charge in [-0.2, -0.15) is 0 Å². The zero-order valence-electron chi connectivity index (χ0n) is 12.5. The Hall–Kier alpha value is -2.09. The number of nitrogens with zero attached hydrogens (tertiary/aromatic N) is 2. The summed E-state index contributed by atoms with van der Waals surface area (Å²) in [6, 6.07) is 11.9. The third kappa shape index (κ3) is 3.38. The second kappa shape index (κ2) is 6.80. The molecule has 0 saturated carbocycles. The summed E-state index contributed by atoms with van der Waals surface area (Å²) in [5.41, 5.74) is 1.69. The number of benzene rings is 1. The Kier molecular flexibility index (Phi) is 4.38. The minimum atomic E-state index is -0.280. The Balaban J connectivity index is 1.36. The number of para-hydroxylation sites is 1. The first-order valence-corrected chi connectivity index (χ1v) is 9.84. The van der Waals surface area contributed by atoms with Crippen molar-refractivity contribution in [1.82, 2.24) is 9.97 Å². The summed E-state index contributed by atoms with van der Waals surface area (Å²) in [6.45, 7) is 0.208. The van der Waals surface area contributed by atoms with Crippen LogP contribution in [-0.2, 0) is 22.6 Å². The lowest BCUT2D eigenvalue weighted by Crippen LogP contribution is -2.08. The molecule has 1 aromatic carbocycles. The second-order valence-electron chi connectivity index (χ2n) is 5.03. The van der Waals surface area contributed by atoms with Gasteiger partial charge in [0, 0.05) is 5.38 Å². The van der Waals surface area contributed by atoms with Gasteiger partial charge in [0.05, 0.1) is 27.2 Å². The number of carbonyl (C=O) groups is 1. The standard InChI is InChI=1S/C17H12N2O2S3/c20-16(8-11-10-23-17(18-11)14-6-3-7-22-14)21-9-15-19-12-4-1-2-5-13(12)24-15/h1-7,10H,8-9H2.